The van der Waals surface area contributed by atoms with E-state index in [1.54, 1.807) is 6.34 Å². The summed E-state index contributed by atoms with van der Waals surface area (Å²) in [6.07, 6.45) is 1.78. The van der Waals surface area contributed by atoms with Crippen LogP contribution in [-0.2, 0) is 0 Å². The Morgan fingerprint density at radius 1 is 1.14 bits per heavy atom. The molecule has 1 rings (SSSR count). The van der Waals surface area contributed by atoms with Crippen LogP contribution in [0.3, 0.4) is 0 Å². The molecule has 0 aliphatic heterocycles. The Balaban J connectivity index is 2.47. The smallest absolute Gasteiger partial charge is 0.100 e. The third-order valence-electron chi connectivity index (χ3n) is 1.57. The fourth-order valence-electron chi connectivity index (χ4n) is 0.871. The van der Waals surface area contributed by atoms with Crippen LogP contribution in [0.15, 0.2) is 34.7 Å². The SMILES string of the molecule is CN(C)/C=N\SN(C)c1ccccc1. The molecule has 0 spiro atoms. The number of rotatable bonds is 4. The first-order chi connectivity index (χ1) is 6.70. The molecule has 0 unspecified atom stereocenters. The van der Waals surface area contributed by atoms with Gasteiger partial charge in [-0.25, -0.2) is 0 Å². The van der Waals surface area contributed by atoms with Gasteiger partial charge in [-0.3, -0.25) is 0 Å². The zero-order valence-electron chi connectivity index (χ0n) is 8.71. The summed E-state index contributed by atoms with van der Waals surface area (Å²) in [6.45, 7) is 0. The van der Waals surface area contributed by atoms with Gasteiger partial charge in [0.25, 0.3) is 0 Å². The summed E-state index contributed by atoms with van der Waals surface area (Å²) >= 11 is 1.42. The minimum atomic E-state index is 1.15. The number of benzene rings is 1. The van der Waals surface area contributed by atoms with E-state index in [4.69, 9.17) is 0 Å². The fourth-order valence-corrected chi connectivity index (χ4v) is 1.46. The number of hydrogen-bond donors (Lipinski definition) is 0. The van der Waals surface area contributed by atoms with Crippen LogP contribution in [0.5, 0.6) is 0 Å². The van der Waals surface area contributed by atoms with Crippen molar-refractivity contribution in [3.05, 3.63) is 30.3 Å². The van der Waals surface area contributed by atoms with E-state index in [-0.39, 0.29) is 0 Å². The van der Waals surface area contributed by atoms with E-state index in [1.165, 1.54) is 12.1 Å². The maximum absolute atomic E-state index is 4.19. The van der Waals surface area contributed by atoms with Crippen LogP contribution in [0, 0.1) is 0 Å². The third-order valence-corrected chi connectivity index (χ3v) is 2.21. The fraction of sp³-hybridized carbons (Fsp3) is 0.300. The van der Waals surface area contributed by atoms with Crippen LogP contribution >= 0.6 is 12.1 Å². The molecular formula is C10H15N3S. The number of anilines is 1. The van der Waals surface area contributed by atoms with Gasteiger partial charge in [-0.05, 0) is 12.1 Å². The Labute approximate surface area is 89.7 Å². The zero-order chi connectivity index (χ0) is 10.4. The first kappa shape index (κ1) is 10.9. The number of para-hydroxylation sites is 1. The van der Waals surface area contributed by atoms with Crippen LogP contribution in [0.1, 0.15) is 0 Å². The molecule has 0 radical (unpaired) electrons. The molecule has 3 nitrogen and oxygen atoms in total. The lowest BCUT2D eigenvalue weighted by atomic mass is 10.3. The lowest BCUT2D eigenvalue weighted by Crippen LogP contribution is -2.09. The minimum Gasteiger partial charge on any atom is -0.368 e. The van der Waals surface area contributed by atoms with E-state index in [2.05, 4.69) is 16.5 Å². The Morgan fingerprint density at radius 2 is 1.79 bits per heavy atom. The highest BCUT2D eigenvalue weighted by Crippen LogP contribution is 2.19. The summed E-state index contributed by atoms with van der Waals surface area (Å²) in [6, 6.07) is 10.1. The molecule has 1 aromatic carbocycles. The first-order valence-electron chi connectivity index (χ1n) is 4.36. The Hall–Kier alpha value is -1.16. The van der Waals surface area contributed by atoms with Gasteiger partial charge in [0, 0.05) is 26.8 Å². The van der Waals surface area contributed by atoms with Gasteiger partial charge in [0.2, 0.25) is 0 Å². The van der Waals surface area contributed by atoms with Gasteiger partial charge in [0.1, 0.15) is 6.34 Å². The molecule has 0 saturated carbocycles. The van der Waals surface area contributed by atoms with Gasteiger partial charge in [0.05, 0.1) is 12.1 Å². The van der Waals surface area contributed by atoms with Crippen molar-refractivity contribution in [3.8, 4) is 0 Å². The molecule has 0 amide bonds. The first-order valence-corrected chi connectivity index (χ1v) is 5.09. The second-order valence-electron chi connectivity index (χ2n) is 3.10. The van der Waals surface area contributed by atoms with E-state index in [1.807, 2.05) is 48.5 Å². The summed E-state index contributed by atoms with van der Waals surface area (Å²) in [5.41, 5.74) is 1.15. The van der Waals surface area contributed by atoms with Crippen molar-refractivity contribution in [2.45, 2.75) is 0 Å². The third kappa shape index (κ3) is 3.70. The minimum absolute atomic E-state index is 1.15. The highest BCUT2D eigenvalue weighted by molar-refractivity contribution is 7.99. The second-order valence-corrected chi connectivity index (χ2v) is 4.02. The summed E-state index contributed by atoms with van der Waals surface area (Å²) in [4.78, 5) is 1.91. The van der Waals surface area contributed by atoms with Gasteiger partial charge in [-0.1, -0.05) is 18.2 Å². The monoisotopic (exact) mass is 209 g/mol. The standard InChI is InChI=1S/C10H15N3S/c1-12(2)9-11-14-13(3)10-7-5-4-6-8-10/h4-9H,1-3H3/b11-9-. The molecule has 14 heavy (non-hydrogen) atoms. The molecule has 0 aliphatic rings. The molecule has 0 fully saturated rings. The Bertz CT molecular complexity index is 285. The highest BCUT2D eigenvalue weighted by atomic mass is 32.2. The molecule has 0 heterocycles. The quantitative estimate of drug-likeness (QED) is 0.431. The molecule has 0 aliphatic carbocycles. The van der Waals surface area contributed by atoms with Gasteiger partial charge in [-0.15, -0.1) is 0 Å². The van der Waals surface area contributed by atoms with Crippen molar-refractivity contribution in [2.24, 2.45) is 4.40 Å². The molecule has 76 valence electrons. The van der Waals surface area contributed by atoms with Gasteiger partial charge >= 0.3 is 0 Å². The van der Waals surface area contributed by atoms with Crippen molar-refractivity contribution in [2.75, 3.05) is 25.4 Å². The van der Waals surface area contributed by atoms with Crippen molar-refractivity contribution in [1.29, 1.82) is 0 Å². The molecule has 4 heteroatoms. The van der Waals surface area contributed by atoms with E-state index in [0.717, 1.165) is 5.69 Å². The second kappa shape index (κ2) is 5.54. The molecule has 0 N–H and O–H groups in total. The van der Waals surface area contributed by atoms with Crippen LogP contribution < -0.4 is 4.31 Å². The van der Waals surface area contributed by atoms with Crippen molar-refractivity contribution in [1.82, 2.24) is 4.90 Å². The number of hydrogen-bond acceptors (Lipinski definition) is 3. The Morgan fingerprint density at radius 3 is 2.36 bits per heavy atom. The summed E-state index contributed by atoms with van der Waals surface area (Å²) in [5.74, 6) is 0. The summed E-state index contributed by atoms with van der Waals surface area (Å²) in [5, 5.41) is 0. The van der Waals surface area contributed by atoms with Crippen molar-refractivity contribution in [3.63, 3.8) is 0 Å². The van der Waals surface area contributed by atoms with Crippen LogP contribution in [-0.4, -0.2) is 32.4 Å². The molecule has 0 saturated heterocycles. The van der Waals surface area contributed by atoms with Crippen LogP contribution in [0.2, 0.25) is 0 Å². The molecule has 0 atom stereocenters. The van der Waals surface area contributed by atoms with E-state index in [0.29, 0.717) is 0 Å². The predicted octanol–water partition coefficient (Wildman–Crippen LogP) is 2.28. The molecule has 1 aromatic rings. The predicted molar refractivity (Wildman–Crippen MR) is 64.6 cm³/mol. The van der Waals surface area contributed by atoms with E-state index >= 15 is 0 Å². The normalized spacial score (nSPS) is 10.5. The van der Waals surface area contributed by atoms with Crippen molar-refractivity contribution < 1.29 is 0 Å². The molecule has 0 aromatic heterocycles. The zero-order valence-corrected chi connectivity index (χ0v) is 9.53. The lowest BCUT2D eigenvalue weighted by molar-refractivity contribution is 0.645. The highest BCUT2D eigenvalue weighted by Gasteiger charge is 1.97. The molecular weight excluding hydrogens is 194 g/mol. The van der Waals surface area contributed by atoms with Crippen molar-refractivity contribution >= 4 is 24.2 Å². The average molecular weight is 209 g/mol. The average Bonchev–Trinajstić information content (AvgIpc) is 2.18. The van der Waals surface area contributed by atoms with Gasteiger partial charge in [-0.2, -0.15) is 4.40 Å². The van der Waals surface area contributed by atoms with E-state index < -0.39 is 0 Å². The van der Waals surface area contributed by atoms with E-state index in [9.17, 15) is 0 Å². The summed E-state index contributed by atoms with van der Waals surface area (Å²) < 4.78 is 6.20. The lowest BCUT2D eigenvalue weighted by Gasteiger charge is -2.14. The summed E-state index contributed by atoms with van der Waals surface area (Å²) in [7, 11) is 5.89. The molecule has 0 bridgehead atoms. The maximum atomic E-state index is 4.19. The Kier molecular flexibility index (Phi) is 4.32. The van der Waals surface area contributed by atoms with Crippen LogP contribution in [0.25, 0.3) is 0 Å². The van der Waals surface area contributed by atoms with Gasteiger partial charge < -0.3 is 9.21 Å². The largest absolute Gasteiger partial charge is 0.368 e. The van der Waals surface area contributed by atoms with Gasteiger partial charge in [0.15, 0.2) is 0 Å². The topological polar surface area (TPSA) is 18.8 Å². The maximum Gasteiger partial charge on any atom is 0.100 e. The number of nitrogens with zero attached hydrogens (tertiary/aromatic N) is 3. The van der Waals surface area contributed by atoms with Crippen LogP contribution in [0.4, 0.5) is 5.69 Å².